The molecule has 0 radical (unpaired) electrons. The van der Waals surface area contributed by atoms with E-state index >= 15 is 0 Å². The summed E-state index contributed by atoms with van der Waals surface area (Å²) in [6.45, 7) is 3.81. The summed E-state index contributed by atoms with van der Waals surface area (Å²) in [7, 11) is 3.17. The molecule has 1 aromatic rings. The molecular formula is C17H24N2O3. The minimum Gasteiger partial charge on any atom is -0.493 e. The zero-order valence-corrected chi connectivity index (χ0v) is 13.4. The minimum atomic E-state index is 0.0474. The molecule has 1 spiro atoms. The van der Waals surface area contributed by atoms with Gasteiger partial charge in [-0.05, 0) is 49.9 Å². The number of hydrogen-bond acceptors (Lipinski definition) is 4. The third kappa shape index (κ3) is 2.65. The number of benzene rings is 1. The summed E-state index contributed by atoms with van der Waals surface area (Å²) in [6, 6.07) is 5.47. The van der Waals surface area contributed by atoms with Crippen LogP contribution in [-0.4, -0.2) is 51.2 Å². The molecule has 0 unspecified atom stereocenters. The van der Waals surface area contributed by atoms with E-state index in [1.165, 1.54) is 0 Å². The molecular weight excluding hydrogens is 280 g/mol. The average Bonchev–Trinajstić information content (AvgIpc) is 2.97. The van der Waals surface area contributed by atoms with Crippen LogP contribution in [-0.2, 0) is 0 Å². The minimum absolute atomic E-state index is 0.0474. The number of piperidine rings is 1. The first-order chi connectivity index (χ1) is 10.7. The molecule has 2 fully saturated rings. The SMILES string of the molecule is COc1cccc(C(=O)N2CCC3(CCNCC3)C2)c1OC. The van der Waals surface area contributed by atoms with Gasteiger partial charge in [0.25, 0.3) is 5.91 Å². The second-order valence-corrected chi connectivity index (χ2v) is 6.27. The third-order valence-electron chi connectivity index (χ3n) is 5.02. The van der Waals surface area contributed by atoms with Gasteiger partial charge < -0.3 is 19.7 Å². The van der Waals surface area contributed by atoms with Gasteiger partial charge in [-0.15, -0.1) is 0 Å². The predicted octanol–water partition coefficient (Wildman–Crippen LogP) is 1.92. The smallest absolute Gasteiger partial charge is 0.257 e. The van der Waals surface area contributed by atoms with Crippen molar-refractivity contribution in [3.63, 3.8) is 0 Å². The van der Waals surface area contributed by atoms with Gasteiger partial charge in [0, 0.05) is 13.1 Å². The fourth-order valence-electron chi connectivity index (χ4n) is 3.70. The Morgan fingerprint density at radius 3 is 2.64 bits per heavy atom. The molecule has 0 atom stereocenters. The lowest BCUT2D eigenvalue weighted by molar-refractivity contribution is 0.0758. The number of ether oxygens (including phenoxy) is 2. The summed E-state index contributed by atoms with van der Waals surface area (Å²) in [6.07, 6.45) is 3.42. The van der Waals surface area contributed by atoms with E-state index in [2.05, 4.69) is 5.32 Å². The van der Waals surface area contributed by atoms with Gasteiger partial charge in [0.2, 0.25) is 0 Å². The van der Waals surface area contributed by atoms with Crippen molar-refractivity contribution in [3.8, 4) is 11.5 Å². The molecule has 3 rings (SSSR count). The van der Waals surface area contributed by atoms with Crippen LogP contribution < -0.4 is 14.8 Å². The van der Waals surface area contributed by atoms with E-state index in [0.717, 1.165) is 45.4 Å². The lowest BCUT2D eigenvalue weighted by Gasteiger charge is -2.33. The molecule has 22 heavy (non-hydrogen) atoms. The number of carbonyl (C=O) groups is 1. The quantitative estimate of drug-likeness (QED) is 0.927. The monoisotopic (exact) mass is 304 g/mol. The Morgan fingerprint density at radius 2 is 1.95 bits per heavy atom. The van der Waals surface area contributed by atoms with Crippen molar-refractivity contribution in [1.82, 2.24) is 10.2 Å². The molecule has 120 valence electrons. The number of nitrogens with zero attached hydrogens (tertiary/aromatic N) is 1. The number of para-hydroxylation sites is 1. The van der Waals surface area contributed by atoms with Gasteiger partial charge in [-0.2, -0.15) is 0 Å². The normalized spacial score (nSPS) is 20.2. The van der Waals surface area contributed by atoms with E-state index in [1.807, 2.05) is 23.1 Å². The Kier molecular flexibility index (Phi) is 4.25. The average molecular weight is 304 g/mol. The molecule has 2 heterocycles. The molecule has 5 heteroatoms. The lowest BCUT2D eigenvalue weighted by Crippen LogP contribution is -2.39. The van der Waals surface area contributed by atoms with Crippen molar-refractivity contribution in [2.45, 2.75) is 19.3 Å². The maximum Gasteiger partial charge on any atom is 0.257 e. The van der Waals surface area contributed by atoms with Crippen LogP contribution in [0.5, 0.6) is 11.5 Å². The van der Waals surface area contributed by atoms with Crippen molar-refractivity contribution in [2.24, 2.45) is 5.41 Å². The Hall–Kier alpha value is -1.75. The summed E-state index contributed by atoms with van der Waals surface area (Å²) in [5, 5.41) is 3.40. The molecule has 2 saturated heterocycles. The molecule has 0 aromatic heterocycles. The maximum absolute atomic E-state index is 12.9. The number of rotatable bonds is 3. The fraction of sp³-hybridized carbons (Fsp3) is 0.588. The molecule has 1 amide bonds. The van der Waals surface area contributed by atoms with Crippen LogP contribution in [0, 0.1) is 5.41 Å². The van der Waals surface area contributed by atoms with Gasteiger partial charge in [0.15, 0.2) is 11.5 Å². The number of carbonyl (C=O) groups excluding carboxylic acids is 1. The van der Waals surface area contributed by atoms with Gasteiger partial charge in [-0.3, -0.25) is 4.79 Å². The summed E-state index contributed by atoms with van der Waals surface area (Å²) in [5.74, 6) is 1.18. The molecule has 0 aliphatic carbocycles. The van der Waals surface area contributed by atoms with Gasteiger partial charge >= 0.3 is 0 Å². The highest BCUT2D eigenvalue weighted by atomic mass is 16.5. The maximum atomic E-state index is 12.9. The molecule has 1 aromatic carbocycles. The fourth-order valence-corrected chi connectivity index (χ4v) is 3.70. The van der Waals surface area contributed by atoms with Crippen LogP contribution in [0.25, 0.3) is 0 Å². The van der Waals surface area contributed by atoms with E-state index < -0.39 is 0 Å². The van der Waals surface area contributed by atoms with E-state index in [9.17, 15) is 4.79 Å². The van der Waals surface area contributed by atoms with Gasteiger partial charge in [0.1, 0.15) is 0 Å². The highest BCUT2D eigenvalue weighted by Gasteiger charge is 2.41. The van der Waals surface area contributed by atoms with Crippen molar-refractivity contribution in [1.29, 1.82) is 0 Å². The van der Waals surface area contributed by atoms with Gasteiger partial charge in [-0.25, -0.2) is 0 Å². The summed E-state index contributed by atoms with van der Waals surface area (Å²) in [4.78, 5) is 14.9. The molecule has 0 bridgehead atoms. The second-order valence-electron chi connectivity index (χ2n) is 6.27. The van der Waals surface area contributed by atoms with Crippen LogP contribution in [0.3, 0.4) is 0 Å². The number of hydrogen-bond donors (Lipinski definition) is 1. The van der Waals surface area contributed by atoms with Crippen molar-refractivity contribution < 1.29 is 14.3 Å². The Bertz CT molecular complexity index is 553. The molecule has 1 N–H and O–H groups in total. The summed E-state index contributed by atoms with van der Waals surface area (Å²) < 4.78 is 10.7. The van der Waals surface area contributed by atoms with E-state index in [0.29, 0.717) is 22.5 Å². The first-order valence-electron chi connectivity index (χ1n) is 7.90. The van der Waals surface area contributed by atoms with E-state index in [4.69, 9.17) is 9.47 Å². The zero-order chi connectivity index (χ0) is 15.6. The largest absolute Gasteiger partial charge is 0.493 e. The first kappa shape index (κ1) is 15.2. The Labute approximate surface area is 131 Å². The third-order valence-corrected chi connectivity index (χ3v) is 5.02. The summed E-state index contributed by atoms with van der Waals surface area (Å²) >= 11 is 0. The van der Waals surface area contributed by atoms with Gasteiger partial charge in [0.05, 0.1) is 19.8 Å². The highest BCUT2D eigenvalue weighted by Crippen LogP contribution is 2.40. The van der Waals surface area contributed by atoms with Crippen LogP contribution in [0.15, 0.2) is 18.2 Å². The second kappa shape index (κ2) is 6.16. The molecule has 2 aliphatic heterocycles. The standard InChI is InChI=1S/C17H24N2O3/c1-21-14-5-3-4-13(15(14)22-2)16(20)19-11-8-17(12-19)6-9-18-10-7-17/h3-5,18H,6-12H2,1-2H3. The Morgan fingerprint density at radius 1 is 1.18 bits per heavy atom. The topological polar surface area (TPSA) is 50.8 Å². The number of nitrogens with one attached hydrogen (secondary N) is 1. The molecule has 0 saturated carbocycles. The van der Waals surface area contributed by atoms with Crippen molar-refractivity contribution in [3.05, 3.63) is 23.8 Å². The van der Waals surface area contributed by atoms with Crippen LogP contribution in [0.2, 0.25) is 0 Å². The molecule has 5 nitrogen and oxygen atoms in total. The number of likely N-dealkylation sites (tertiary alicyclic amines) is 1. The van der Waals surface area contributed by atoms with Gasteiger partial charge in [-0.1, -0.05) is 6.07 Å². The highest BCUT2D eigenvalue weighted by molar-refractivity contribution is 5.98. The Balaban J connectivity index is 1.80. The van der Waals surface area contributed by atoms with Crippen LogP contribution in [0.4, 0.5) is 0 Å². The van der Waals surface area contributed by atoms with Crippen molar-refractivity contribution >= 4 is 5.91 Å². The zero-order valence-electron chi connectivity index (χ0n) is 13.4. The van der Waals surface area contributed by atoms with Crippen molar-refractivity contribution in [2.75, 3.05) is 40.4 Å². The number of methoxy groups -OCH3 is 2. The van der Waals surface area contributed by atoms with Crippen LogP contribution in [0.1, 0.15) is 29.6 Å². The van der Waals surface area contributed by atoms with Crippen LogP contribution >= 0.6 is 0 Å². The van der Waals surface area contributed by atoms with E-state index in [1.54, 1.807) is 14.2 Å². The lowest BCUT2D eigenvalue weighted by atomic mass is 9.78. The first-order valence-corrected chi connectivity index (χ1v) is 7.90. The predicted molar refractivity (Wildman–Crippen MR) is 84.6 cm³/mol. The number of amides is 1. The summed E-state index contributed by atoms with van der Waals surface area (Å²) in [5.41, 5.74) is 0.903. The van der Waals surface area contributed by atoms with E-state index in [-0.39, 0.29) is 5.91 Å². The molecule has 2 aliphatic rings.